The van der Waals surface area contributed by atoms with E-state index in [4.69, 9.17) is 4.74 Å². The average Bonchev–Trinajstić information content (AvgIpc) is 2.39. The molecule has 104 valence electrons. The predicted molar refractivity (Wildman–Crippen MR) is 66.1 cm³/mol. The molecule has 1 fully saturated rings. The SMILES string of the molecule is CCNC(=O)C1COCCN1CCCC(=O)OC. The van der Waals surface area contributed by atoms with E-state index >= 15 is 0 Å². The molecule has 1 N–H and O–H groups in total. The van der Waals surface area contributed by atoms with E-state index < -0.39 is 0 Å². The van der Waals surface area contributed by atoms with Gasteiger partial charge in [-0.2, -0.15) is 0 Å². The molecule has 0 aliphatic carbocycles. The van der Waals surface area contributed by atoms with Crippen LogP contribution >= 0.6 is 0 Å². The van der Waals surface area contributed by atoms with Crippen molar-refractivity contribution in [3.8, 4) is 0 Å². The summed E-state index contributed by atoms with van der Waals surface area (Å²) in [6.07, 6.45) is 1.08. The van der Waals surface area contributed by atoms with Gasteiger partial charge >= 0.3 is 5.97 Å². The van der Waals surface area contributed by atoms with Crippen molar-refractivity contribution in [1.82, 2.24) is 10.2 Å². The Labute approximate surface area is 108 Å². The van der Waals surface area contributed by atoms with Crippen LogP contribution in [0.2, 0.25) is 0 Å². The molecule has 1 unspecified atom stereocenters. The Morgan fingerprint density at radius 2 is 2.28 bits per heavy atom. The molecule has 1 atom stereocenters. The fraction of sp³-hybridized carbons (Fsp3) is 0.833. The molecule has 18 heavy (non-hydrogen) atoms. The molecule has 0 aromatic rings. The number of likely N-dealkylation sites (N-methyl/N-ethyl adjacent to an activating group) is 1. The summed E-state index contributed by atoms with van der Waals surface area (Å²) >= 11 is 0. The van der Waals surface area contributed by atoms with E-state index in [0.29, 0.717) is 39.1 Å². The molecule has 0 bridgehead atoms. The number of morpholine rings is 1. The zero-order valence-electron chi connectivity index (χ0n) is 11.1. The van der Waals surface area contributed by atoms with Gasteiger partial charge in [0.2, 0.25) is 5.91 Å². The first kappa shape index (κ1) is 14.9. The molecule has 6 nitrogen and oxygen atoms in total. The quantitative estimate of drug-likeness (QED) is 0.667. The minimum atomic E-state index is -0.239. The molecule has 0 aromatic heterocycles. The highest BCUT2D eigenvalue weighted by Gasteiger charge is 2.28. The summed E-state index contributed by atoms with van der Waals surface area (Å²) in [5, 5.41) is 2.80. The first-order chi connectivity index (χ1) is 8.69. The maximum atomic E-state index is 11.8. The number of nitrogens with one attached hydrogen (secondary N) is 1. The third-order valence-corrected chi connectivity index (χ3v) is 2.95. The van der Waals surface area contributed by atoms with Crippen molar-refractivity contribution in [1.29, 1.82) is 0 Å². The lowest BCUT2D eigenvalue weighted by molar-refractivity contribution is -0.140. The summed E-state index contributed by atoms with van der Waals surface area (Å²) in [5.74, 6) is -0.215. The highest BCUT2D eigenvalue weighted by Crippen LogP contribution is 2.09. The van der Waals surface area contributed by atoms with Gasteiger partial charge in [0.25, 0.3) is 0 Å². The summed E-state index contributed by atoms with van der Waals surface area (Å²) < 4.78 is 9.93. The monoisotopic (exact) mass is 258 g/mol. The first-order valence-electron chi connectivity index (χ1n) is 6.35. The Morgan fingerprint density at radius 3 is 2.94 bits per heavy atom. The molecule has 0 aromatic carbocycles. The van der Waals surface area contributed by atoms with E-state index in [2.05, 4.69) is 15.0 Å². The third kappa shape index (κ3) is 4.62. The average molecular weight is 258 g/mol. The number of carbonyl (C=O) groups is 2. The summed E-state index contributed by atoms with van der Waals surface area (Å²) in [6, 6.07) is -0.239. The van der Waals surface area contributed by atoms with Crippen LogP contribution in [0, 0.1) is 0 Å². The molecule has 6 heteroatoms. The van der Waals surface area contributed by atoms with E-state index in [1.54, 1.807) is 0 Å². The van der Waals surface area contributed by atoms with Crippen molar-refractivity contribution in [2.75, 3.05) is 40.0 Å². The van der Waals surface area contributed by atoms with Crippen molar-refractivity contribution < 1.29 is 19.1 Å². The molecular weight excluding hydrogens is 236 g/mol. The molecule has 1 rings (SSSR count). The lowest BCUT2D eigenvalue weighted by Crippen LogP contribution is -2.53. The van der Waals surface area contributed by atoms with E-state index in [1.807, 2.05) is 6.92 Å². The lowest BCUT2D eigenvalue weighted by Gasteiger charge is -2.34. The number of carbonyl (C=O) groups excluding carboxylic acids is 2. The molecule has 1 aliphatic heterocycles. The Balaban J connectivity index is 2.39. The summed E-state index contributed by atoms with van der Waals surface area (Å²) in [7, 11) is 1.38. The summed E-state index contributed by atoms with van der Waals surface area (Å²) in [5.41, 5.74) is 0. The molecule has 1 amide bonds. The van der Waals surface area contributed by atoms with Gasteiger partial charge in [0, 0.05) is 19.5 Å². The van der Waals surface area contributed by atoms with Gasteiger partial charge in [0.1, 0.15) is 6.04 Å². The molecule has 1 heterocycles. The van der Waals surface area contributed by atoms with Crippen LogP contribution in [0.5, 0.6) is 0 Å². The Hall–Kier alpha value is -1.14. The maximum absolute atomic E-state index is 11.8. The standard InChI is InChI=1S/C12H22N2O4/c1-3-13-12(16)10-9-18-8-7-14(10)6-4-5-11(15)17-2/h10H,3-9H2,1-2H3,(H,13,16). The van der Waals surface area contributed by atoms with Crippen LogP contribution in [-0.2, 0) is 19.1 Å². The van der Waals surface area contributed by atoms with Crippen LogP contribution in [0.25, 0.3) is 0 Å². The summed E-state index contributed by atoms with van der Waals surface area (Å²) in [6.45, 7) is 5.00. The Morgan fingerprint density at radius 1 is 1.50 bits per heavy atom. The van der Waals surface area contributed by atoms with Crippen molar-refractivity contribution in [2.24, 2.45) is 0 Å². The van der Waals surface area contributed by atoms with Gasteiger partial charge in [-0.3, -0.25) is 14.5 Å². The van der Waals surface area contributed by atoms with Gasteiger partial charge in [-0.15, -0.1) is 0 Å². The molecule has 0 spiro atoms. The minimum Gasteiger partial charge on any atom is -0.469 e. The van der Waals surface area contributed by atoms with Gasteiger partial charge in [0.05, 0.1) is 20.3 Å². The second-order valence-electron chi connectivity index (χ2n) is 4.20. The highest BCUT2D eigenvalue weighted by molar-refractivity contribution is 5.81. The molecular formula is C12H22N2O4. The molecule has 1 aliphatic rings. The fourth-order valence-corrected chi connectivity index (χ4v) is 1.97. The van der Waals surface area contributed by atoms with Crippen molar-refractivity contribution in [3.63, 3.8) is 0 Å². The highest BCUT2D eigenvalue weighted by atomic mass is 16.5. The summed E-state index contributed by atoms with van der Waals surface area (Å²) in [4.78, 5) is 24.9. The van der Waals surface area contributed by atoms with Crippen molar-refractivity contribution >= 4 is 11.9 Å². The van der Waals surface area contributed by atoms with Gasteiger partial charge in [-0.1, -0.05) is 0 Å². The van der Waals surface area contributed by atoms with Crippen molar-refractivity contribution in [3.05, 3.63) is 0 Å². The lowest BCUT2D eigenvalue weighted by atomic mass is 10.2. The second-order valence-corrected chi connectivity index (χ2v) is 4.20. The number of hydrogen-bond acceptors (Lipinski definition) is 5. The zero-order valence-corrected chi connectivity index (χ0v) is 11.1. The zero-order chi connectivity index (χ0) is 13.4. The number of methoxy groups -OCH3 is 1. The topological polar surface area (TPSA) is 67.9 Å². The first-order valence-corrected chi connectivity index (χ1v) is 6.35. The van der Waals surface area contributed by atoms with Crippen LogP contribution in [0.3, 0.4) is 0 Å². The number of esters is 1. The van der Waals surface area contributed by atoms with E-state index in [1.165, 1.54) is 7.11 Å². The number of ether oxygens (including phenoxy) is 2. The van der Waals surface area contributed by atoms with Crippen LogP contribution in [0.1, 0.15) is 19.8 Å². The fourth-order valence-electron chi connectivity index (χ4n) is 1.97. The normalized spacial score (nSPS) is 20.4. The minimum absolute atomic E-state index is 0.00438. The number of hydrogen-bond donors (Lipinski definition) is 1. The van der Waals surface area contributed by atoms with Crippen molar-refractivity contribution in [2.45, 2.75) is 25.8 Å². The van der Waals surface area contributed by atoms with Crippen LogP contribution in [0.4, 0.5) is 0 Å². The van der Waals surface area contributed by atoms with Crippen LogP contribution in [-0.4, -0.2) is 62.8 Å². The third-order valence-electron chi connectivity index (χ3n) is 2.95. The smallest absolute Gasteiger partial charge is 0.305 e. The van der Waals surface area contributed by atoms with E-state index in [-0.39, 0.29) is 17.9 Å². The van der Waals surface area contributed by atoms with Gasteiger partial charge in [-0.25, -0.2) is 0 Å². The van der Waals surface area contributed by atoms with Gasteiger partial charge in [-0.05, 0) is 19.9 Å². The van der Waals surface area contributed by atoms with Crippen LogP contribution in [0.15, 0.2) is 0 Å². The van der Waals surface area contributed by atoms with Crippen LogP contribution < -0.4 is 5.32 Å². The second kappa shape index (κ2) is 8.05. The van der Waals surface area contributed by atoms with Gasteiger partial charge in [0.15, 0.2) is 0 Å². The molecule has 0 saturated carbocycles. The molecule has 1 saturated heterocycles. The largest absolute Gasteiger partial charge is 0.469 e. The van der Waals surface area contributed by atoms with E-state index in [9.17, 15) is 9.59 Å². The van der Waals surface area contributed by atoms with E-state index in [0.717, 1.165) is 6.54 Å². The Bertz CT molecular complexity index is 283. The predicted octanol–water partition coefficient (Wildman–Crippen LogP) is -0.223. The number of nitrogens with zero attached hydrogens (tertiary/aromatic N) is 1. The maximum Gasteiger partial charge on any atom is 0.305 e. The Kier molecular flexibility index (Phi) is 6.67. The molecule has 0 radical (unpaired) electrons. The number of rotatable bonds is 6. The van der Waals surface area contributed by atoms with Gasteiger partial charge < -0.3 is 14.8 Å². The number of amides is 1.